The van der Waals surface area contributed by atoms with Crippen LogP contribution in [-0.4, -0.2) is 44.7 Å². The van der Waals surface area contributed by atoms with Gasteiger partial charge in [-0.25, -0.2) is 4.98 Å². The highest BCUT2D eigenvalue weighted by Crippen LogP contribution is 2.23. The summed E-state index contributed by atoms with van der Waals surface area (Å²) in [7, 11) is 0. The molecular weight excluding hydrogens is 254 g/mol. The maximum absolute atomic E-state index is 12.6. The molecule has 1 aliphatic rings. The summed E-state index contributed by atoms with van der Waals surface area (Å²) < 4.78 is 1.91. The van der Waals surface area contributed by atoms with Gasteiger partial charge in [0.2, 0.25) is 5.91 Å². The van der Waals surface area contributed by atoms with Gasteiger partial charge in [-0.15, -0.1) is 0 Å². The summed E-state index contributed by atoms with van der Waals surface area (Å²) in [6.45, 7) is 2.67. The molecule has 0 spiro atoms. The second kappa shape index (κ2) is 5.25. The summed E-state index contributed by atoms with van der Waals surface area (Å²) in [6, 6.07) is 7.47. The molecule has 5 heteroatoms. The van der Waals surface area contributed by atoms with E-state index in [1.165, 1.54) is 0 Å². The maximum atomic E-state index is 12.6. The molecule has 1 amide bonds. The monoisotopic (exact) mass is 273 g/mol. The van der Waals surface area contributed by atoms with Gasteiger partial charge in [0.15, 0.2) is 0 Å². The van der Waals surface area contributed by atoms with E-state index >= 15 is 0 Å². The molecule has 2 atom stereocenters. The molecule has 1 aromatic carbocycles. The van der Waals surface area contributed by atoms with Crippen LogP contribution in [0.15, 0.2) is 30.6 Å². The highest BCUT2D eigenvalue weighted by molar-refractivity contribution is 5.84. The molecule has 2 heterocycles. The molecule has 1 aromatic heterocycles. The fraction of sp³-hybridized carbons (Fsp3) is 0.467. The lowest BCUT2D eigenvalue weighted by atomic mass is 10.2. The standard InChI is InChI=1S/C15H19N3O2/c1-11(15(20)17-8-4-5-12(17)9-19)18-10-16-13-6-2-3-7-14(13)18/h2-3,6-7,10-12,19H,4-5,8-9H2,1H3. The molecule has 2 unspecified atom stereocenters. The Morgan fingerprint density at radius 1 is 1.50 bits per heavy atom. The average molecular weight is 273 g/mol. The van der Waals surface area contributed by atoms with Crippen molar-refractivity contribution in [2.45, 2.75) is 31.8 Å². The molecule has 5 nitrogen and oxygen atoms in total. The smallest absolute Gasteiger partial charge is 0.245 e. The Labute approximate surface area is 117 Å². The van der Waals surface area contributed by atoms with E-state index in [9.17, 15) is 9.90 Å². The number of rotatable bonds is 3. The molecule has 0 bridgehead atoms. The fourth-order valence-corrected chi connectivity index (χ4v) is 2.96. The van der Waals surface area contributed by atoms with Gasteiger partial charge >= 0.3 is 0 Å². The summed E-state index contributed by atoms with van der Waals surface area (Å²) in [4.78, 5) is 18.8. The second-order valence-electron chi connectivity index (χ2n) is 5.33. The van der Waals surface area contributed by atoms with Crippen molar-refractivity contribution in [2.75, 3.05) is 13.2 Å². The van der Waals surface area contributed by atoms with Gasteiger partial charge in [-0.1, -0.05) is 12.1 Å². The average Bonchev–Trinajstić information content (AvgIpc) is 3.12. The number of benzene rings is 1. The van der Waals surface area contributed by atoms with Crippen LogP contribution in [0.4, 0.5) is 0 Å². The van der Waals surface area contributed by atoms with Crippen LogP contribution in [0.2, 0.25) is 0 Å². The molecule has 3 rings (SSSR count). The Morgan fingerprint density at radius 2 is 2.30 bits per heavy atom. The van der Waals surface area contributed by atoms with Crippen LogP contribution in [0, 0.1) is 0 Å². The number of para-hydroxylation sites is 2. The molecule has 2 aromatic rings. The Kier molecular flexibility index (Phi) is 3.44. The molecule has 20 heavy (non-hydrogen) atoms. The Hall–Kier alpha value is -1.88. The highest BCUT2D eigenvalue weighted by atomic mass is 16.3. The summed E-state index contributed by atoms with van der Waals surface area (Å²) in [6.07, 6.45) is 3.57. The minimum atomic E-state index is -0.297. The van der Waals surface area contributed by atoms with Crippen LogP contribution in [0.1, 0.15) is 25.8 Å². The van der Waals surface area contributed by atoms with E-state index in [4.69, 9.17) is 0 Å². The number of aliphatic hydroxyl groups is 1. The minimum absolute atomic E-state index is 0.0280. The normalized spacial score (nSPS) is 20.5. The Balaban J connectivity index is 1.88. The lowest BCUT2D eigenvalue weighted by Gasteiger charge is -2.27. The number of aromatic nitrogens is 2. The third-order valence-corrected chi connectivity index (χ3v) is 4.13. The number of nitrogens with zero attached hydrogens (tertiary/aromatic N) is 3. The van der Waals surface area contributed by atoms with Gasteiger partial charge in [0, 0.05) is 6.54 Å². The van der Waals surface area contributed by atoms with E-state index in [1.807, 2.05) is 35.8 Å². The third kappa shape index (κ3) is 2.08. The van der Waals surface area contributed by atoms with Crippen LogP contribution < -0.4 is 0 Å². The first-order chi connectivity index (χ1) is 9.72. The molecule has 1 aliphatic heterocycles. The summed E-state index contributed by atoms with van der Waals surface area (Å²) >= 11 is 0. The third-order valence-electron chi connectivity index (χ3n) is 4.13. The summed E-state index contributed by atoms with van der Waals surface area (Å²) in [5, 5.41) is 9.36. The van der Waals surface area contributed by atoms with Gasteiger partial charge in [0.1, 0.15) is 6.04 Å². The van der Waals surface area contributed by atoms with Crippen molar-refractivity contribution in [3.8, 4) is 0 Å². The predicted molar refractivity (Wildman–Crippen MR) is 76.3 cm³/mol. The lowest BCUT2D eigenvalue weighted by molar-refractivity contribution is -0.135. The van der Waals surface area contributed by atoms with Crippen LogP contribution >= 0.6 is 0 Å². The molecule has 0 saturated carbocycles. The zero-order valence-electron chi connectivity index (χ0n) is 11.6. The van der Waals surface area contributed by atoms with E-state index in [2.05, 4.69) is 4.98 Å². The van der Waals surface area contributed by atoms with Crippen molar-refractivity contribution in [1.29, 1.82) is 0 Å². The number of carbonyl (C=O) groups excluding carboxylic acids is 1. The largest absolute Gasteiger partial charge is 0.394 e. The van der Waals surface area contributed by atoms with Crippen molar-refractivity contribution in [1.82, 2.24) is 14.5 Å². The van der Waals surface area contributed by atoms with Crippen LogP contribution in [0.25, 0.3) is 11.0 Å². The van der Waals surface area contributed by atoms with E-state index in [1.54, 1.807) is 11.2 Å². The molecule has 1 fully saturated rings. The molecular formula is C15H19N3O2. The molecule has 106 valence electrons. The number of hydrogen-bond donors (Lipinski definition) is 1. The summed E-state index contributed by atoms with van der Waals surface area (Å²) in [5.74, 6) is 0.0599. The van der Waals surface area contributed by atoms with Gasteiger partial charge in [0.05, 0.1) is 30.0 Å². The van der Waals surface area contributed by atoms with Crippen molar-refractivity contribution in [2.24, 2.45) is 0 Å². The van der Waals surface area contributed by atoms with Gasteiger partial charge in [-0.2, -0.15) is 0 Å². The highest BCUT2D eigenvalue weighted by Gasteiger charge is 2.31. The first kappa shape index (κ1) is 13.1. The zero-order chi connectivity index (χ0) is 14.1. The predicted octanol–water partition coefficient (Wildman–Crippen LogP) is 1.58. The quantitative estimate of drug-likeness (QED) is 0.923. The van der Waals surface area contributed by atoms with Crippen LogP contribution in [-0.2, 0) is 4.79 Å². The molecule has 0 radical (unpaired) electrons. The van der Waals surface area contributed by atoms with Gasteiger partial charge in [-0.05, 0) is 31.9 Å². The van der Waals surface area contributed by atoms with Crippen molar-refractivity contribution >= 4 is 16.9 Å². The topological polar surface area (TPSA) is 58.4 Å². The van der Waals surface area contributed by atoms with Gasteiger partial charge in [-0.3, -0.25) is 4.79 Å². The van der Waals surface area contributed by atoms with E-state index in [0.29, 0.717) is 0 Å². The number of imidazole rings is 1. The number of amides is 1. The van der Waals surface area contributed by atoms with Crippen LogP contribution in [0.3, 0.4) is 0 Å². The number of likely N-dealkylation sites (tertiary alicyclic amines) is 1. The second-order valence-corrected chi connectivity index (χ2v) is 5.33. The summed E-state index contributed by atoms with van der Waals surface area (Å²) in [5.41, 5.74) is 1.86. The van der Waals surface area contributed by atoms with E-state index < -0.39 is 0 Å². The molecule has 1 N–H and O–H groups in total. The maximum Gasteiger partial charge on any atom is 0.245 e. The molecule has 1 saturated heterocycles. The first-order valence-electron chi connectivity index (χ1n) is 7.05. The number of fused-ring (bicyclic) bond motifs is 1. The van der Waals surface area contributed by atoms with Crippen molar-refractivity contribution in [3.63, 3.8) is 0 Å². The number of carbonyl (C=O) groups is 1. The fourth-order valence-electron chi connectivity index (χ4n) is 2.96. The Morgan fingerprint density at radius 3 is 3.10 bits per heavy atom. The SMILES string of the molecule is CC(C(=O)N1CCCC1CO)n1cnc2ccccc21. The first-order valence-corrected chi connectivity index (χ1v) is 7.05. The number of hydrogen-bond acceptors (Lipinski definition) is 3. The van der Waals surface area contributed by atoms with Crippen molar-refractivity contribution in [3.05, 3.63) is 30.6 Å². The van der Waals surface area contributed by atoms with E-state index in [0.717, 1.165) is 30.4 Å². The van der Waals surface area contributed by atoms with Gasteiger partial charge in [0.25, 0.3) is 0 Å². The number of aliphatic hydroxyl groups excluding tert-OH is 1. The van der Waals surface area contributed by atoms with E-state index in [-0.39, 0.29) is 24.6 Å². The lowest BCUT2D eigenvalue weighted by Crippen LogP contribution is -2.41. The zero-order valence-corrected chi connectivity index (χ0v) is 11.6. The molecule has 0 aliphatic carbocycles. The minimum Gasteiger partial charge on any atom is -0.394 e. The van der Waals surface area contributed by atoms with Crippen molar-refractivity contribution < 1.29 is 9.90 Å². The Bertz CT molecular complexity index is 622. The van der Waals surface area contributed by atoms with Crippen LogP contribution in [0.5, 0.6) is 0 Å². The van der Waals surface area contributed by atoms with Gasteiger partial charge < -0.3 is 14.6 Å².